The molecule has 1 fully saturated rings. The summed E-state index contributed by atoms with van der Waals surface area (Å²) in [5.74, 6) is -0.268. The van der Waals surface area contributed by atoms with Gasteiger partial charge in [0.1, 0.15) is 5.82 Å². The quantitative estimate of drug-likeness (QED) is 0.540. The number of aryl methyl sites for hydroxylation is 1. The summed E-state index contributed by atoms with van der Waals surface area (Å²) in [4.78, 5) is 38.6. The average molecular weight is 460 g/mol. The van der Waals surface area contributed by atoms with Gasteiger partial charge in [-0.1, -0.05) is 18.2 Å². The van der Waals surface area contributed by atoms with Crippen molar-refractivity contribution in [3.8, 4) is 5.75 Å². The van der Waals surface area contributed by atoms with Crippen molar-refractivity contribution >= 4 is 17.6 Å². The Bertz CT molecular complexity index is 1160. The van der Waals surface area contributed by atoms with E-state index in [1.165, 1.54) is 23.7 Å². The number of hydrogen-bond donors (Lipinski definition) is 1. The van der Waals surface area contributed by atoms with Gasteiger partial charge in [0.25, 0.3) is 5.91 Å². The van der Waals surface area contributed by atoms with Crippen molar-refractivity contribution in [1.29, 1.82) is 0 Å². The lowest BCUT2D eigenvalue weighted by Gasteiger charge is -2.33. The van der Waals surface area contributed by atoms with Crippen LogP contribution >= 0.6 is 0 Å². The first-order chi connectivity index (χ1) is 16.4. The minimum Gasteiger partial charge on any atom is -0.422 e. The molecule has 2 N–H and O–H groups in total. The molecule has 4 rings (SSSR count). The van der Waals surface area contributed by atoms with Crippen LogP contribution in [0.4, 0.5) is 5.69 Å². The third kappa shape index (κ3) is 5.75. The van der Waals surface area contributed by atoms with Gasteiger partial charge >= 0.3 is 5.97 Å². The Kier molecular flexibility index (Phi) is 7.15. The summed E-state index contributed by atoms with van der Waals surface area (Å²) in [5, 5.41) is 0. The molecular formula is C26H29N5O3. The van der Waals surface area contributed by atoms with Gasteiger partial charge in [-0.25, -0.2) is 9.97 Å². The molecule has 1 aromatic carbocycles. The molecule has 0 bridgehead atoms. The van der Waals surface area contributed by atoms with Crippen LogP contribution < -0.4 is 15.4 Å². The van der Waals surface area contributed by atoms with Crippen LogP contribution in [0, 0.1) is 12.8 Å². The number of carbonyl (C=O) groups is 2. The molecule has 0 saturated carbocycles. The molecule has 34 heavy (non-hydrogen) atoms. The van der Waals surface area contributed by atoms with Crippen molar-refractivity contribution in [2.45, 2.75) is 39.5 Å². The van der Waals surface area contributed by atoms with Crippen LogP contribution in [-0.2, 0) is 17.6 Å². The van der Waals surface area contributed by atoms with Gasteiger partial charge in [-0.2, -0.15) is 0 Å². The summed E-state index contributed by atoms with van der Waals surface area (Å²) in [7, 11) is 0. The zero-order valence-electron chi connectivity index (χ0n) is 19.5. The zero-order valence-corrected chi connectivity index (χ0v) is 19.5. The number of esters is 1. The first kappa shape index (κ1) is 23.4. The van der Waals surface area contributed by atoms with E-state index < -0.39 is 11.9 Å². The summed E-state index contributed by atoms with van der Waals surface area (Å²) in [6, 6.07) is 12.8. The highest BCUT2D eigenvalue weighted by atomic mass is 16.5. The summed E-state index contributed by atoms with van der Waals surface area (Å²) < 4.78 is 5.11. The first-order valence-electron chi connectivity index (χ1n) is 11.5. The molecular weight excluding hydrogens is 430 g/mol. The van der Waals surface area contributed by atoms with Gasteiger partial charge in [-0.3, -0.25) is 14.6 Å². The van der Waals surface area contributed by atoms with Crippen LogP contribution in [0.5, 0.6) is 5.75 Å². The average Bonchev–Trinajstić information content (AvgIpc) is 2.82. The van der Waals surface area contributed by atoms with Crippen molar-refractivity contribution < 1.29 is 14.3 Å². The number of ether oxygens (including phenoxy) is 1. The Morgan fingerprint density at radius 1 is 1.09 bits per heavy atom. The second-order valence-electron chi connectivity index (χ2n) is 8.70. The van der Waals surface area contributed by atoms with Crippen LogP contribution in [0.2, 0.25) is 0 Å². The first-order valence-corrected chi connectivity index (χ1v) is 11.5. The molecule has 0 radical (unpaired) electrons. The molecule has 1 amide bonds. The van der Waals surface area contributed by atoms with E-state index in [4.69, 9.17) is 10.5 Å². The number of rotatable bonds is 7. The normalized spacial score (nSPS) is 14.1. The maximum Gasteiger partial charge on any atom is 0.308 e. The molecule has 0 atom stereocenters. The molecule has 8 nitrogen and oxygen atoms in total. The SMILES string of the molecule is CC(=O)Oc1c(C)nc(CC2CCN(c3ccc(Cc4cccnc4)cc3)CC2)nc1C(N)=O. The molecule has 0 unspecified atom stereocenters. The van der Waals surface area contributed by atoms with Gasteiger partial charge < -0.3 is 15.4 Å². The standard InChI is InChI=1S/C26H29N5O3/c1-17-25(34-18(2)32)24(26(27)33)30-23(29-17)15-20-9-12-31(13-10-20)22-7-5-19(6-8-22)14-21-4-3-11-28-16-21/h3-8,11,16,20H,9-10,12-15H2,1-2H3,(H2,27,33). The predicted octanol–water partition coefficient (Wildman–Crippen LogP) is 3.25. The number of amides is 1. The van der Waals surface area contributed by atoms with E-state index in [0.717, 1.165) is 32.4 Å². The topological polar surface area (TPSA) is 111 Å². The van der Waals surface area contributed by atoms with Gasteiger partial charge in [0.05, 0.1) is 5.69 Å². The largest absolute Gasteiger partial charge is 0.422 e. The van der Waals surface area contributed by atoms with Crippen LogP contribution in [0.15, 0.2) is 48.8 Å². The van der Waals surface area contributed by atoms with Gasteiger partial charge in [-0.15, -0.1) is 0 Å². The number of aromatic nitrogens is 3. The monoisotopic (exact) mass is 459 g/mol. The number of nitrogens with two attached hydrogens (primary N) is 1. The number of piperidine rings is 1. The second-order valence-corrected chi connectivity index (χ2v) is 8.70. The summed E-state index contributed by atoms with van der Waals surface area (Å²) in [5.41, 5.74) is 9.56. The zero-order chi connectivity index (χ0) is 24.1. The Morgan fingerprint density at radius 3 is 2.44 bits per heavy atom. The number of hydrogen-bond acceptors (Lipinski definition) is 7. The third-order valence-corrected chi connectivity index (χ3v) is 6.08. The molecule has 1 saturated heterocycles. The number of carbonyl (C=O) groups excluding carboxylic acids is 2. The highest BCUT2D eigenvalue weighted by Gasteiger charge is 2.24. The lowest BCUT2D eigenvalue weighted by atomic mass is 9.92. The molecule has 0 aliphatic carbocycles. The maximum atomic E-state index is 11.9. The smallest absolute Gasteiger partial charge is 0.308 e. The number of nitrogens with zero attached hydrogens (tertiary/aromatic N) is 4. The lowest BCUT2D eigenvalue weighted by Crippen LogP contribution is -2.34. The van der Waals surface area contributed by atoms with E-state index in [0.29, 0.717) is 23.9 Å². The Morgan fingerprint density at radius 2 is 1.82 bits per heavy atom. The minimum atomic E-state index is -0.732. The second kappa shape index (κ2) is 10.4. The number of primary amides is 1. The summed E-state index contributed by atoms with van der Waals surface area (Å²) in [6.07, 6.45) is 7.21. The van der Waals surface area contributed by atoms with Crippen molar-refractivity contribution in [3.63, 3.8) is 0 Å². The van der Waals surface area contributed by atoms with Crippen molar-refractivity contribution in [3.05, 3.63) is 77.1 Å². The highest BCUT2D eigenvalue weighted by Crippen LogP contribution is 2.27. The van der Waals surface area contributed by atoms with Gasteiger partial charge in [0.2, 0.25) is 0 Å². The molecule has 8 heteroatoms. The highest BCUT2D eigenvalue weighted by molar-refractivity contribution is 5.94. The Hall–Kier alpha value is -3.81. The van der Waals surface area contributed by atoms with Crippen LogP contribution in [0.3, 0.4) is 0 Å². The van der Waals surface area contributed by atoms with Crippen molar-refractivity contribution in [2.75, 3.05) is 18.0 Å². The summed E-state index contributed by atoms with van der Waals surface area (Å²) >= 11 is 0. The van der Waals surface area contributed by atoms with E-state index in [9.17, 15) is 9.59 Å². The summed E-state index contributed by atoms with van der Waals surface area (Å²) in [6.45, 7) is 4.84. The van der Waals surface area contributed by atoms with Crippen LogP contribution in [0.25, 0.3) is 0 Å². The Balaban J connectivity index is 1.36. The van der Waals surface area contributed by atoms with Gasteiger partial charge in [-0.05, 0) is 61.4 Å². The van der Waals surface area contributed by atoms with Gasteiger partial charge in [0.15, 0.2) is 11.4 Å². The molecule has 1 aliphatic rings. The fourth-order valence-corrected chi connectivity index (χ4v) is 4.36. The third-order valence-electron chi connectivity index (χ3n) is 6.08. The fourth-order valence-electron chi connectivity index (χ4n) is 4.36. The van der Waals surface area contributed by atoms with E-state index in [1.807, 2.05) is 12.3 Å². The molecule has 2 aromatic heterocycles. The lowest BCUT2D eigenvalue weighted by molar-refractivity contribution is -0.132. The minimum absolute atomic E-state index is 0.0403. The van der Waals surface area contributed by atoms with Crippen molar-refractivity contribution in [1.82, 2.24) is 15.0 Å². The van der Waals surface area contributed by atoms with E-state index in [1.54, 1.807) is 13.1 Å². The van der Waals surface area contributed by atoms with Crippen molar-refractivity contribution in [2.24, 2.45) is 11.7 Å². The van der Waals surface area contributed by atoms with Gasteiger partial charge in [0, 0.05) is 44.5 Å². The van der Waals surface area contributed by atoms with E-state index in [2.05, 4.69) is 50.2 Å². The fraction of sp³-hybridized carbons (Fsp3) is 0.346. The van der Waals surface area contributed by atoms with E-state index in [-0.39, 0.29) is 11.4 Å². The predicted molar refractivity (Wildman–Crippen MR) is 129 cm³/mol. The van der Waals surface area contributed by atoms with E-state index >= 15 is 0 Å². The molecule has 1 aliphatic heterocycles. The van der Waals surface area contributed by atoms with Crippen LogP contribution in [-0.4, -0.2) is 39.9 Å². The Labute approximate surface area is 199 Å². The molecule has 0 spiro atoms. The number of anilines is 1. The molecule has 3 heterocycles. The number of pyridine rings is 1. The van der Waals surface area contributed by atoms with Crippen LogP contribution in [0.1, 0.15) is 52.9 Å². The molecule has 176 valence electrons. The maximum absolute atomic E-state index is 11.9. The number of benzene rings is 1. The molecule has 3 aromatic rings.